The molecule has 4 aromatic rings. The lowest BCUT2D eigenvalue weighted by Crippen LogP contribution is -2.12. The molecule has 0 bridgehead atoms. The van der Waals surface area contributed by atoms with Gasteiger partial charge in [-0.1, -0.05) is 50.1 Å². The molecule has 3 N–H and O–H groups in total. The number of aromatic amines is 1. The molecule has 2 aromatic carbocycles. The van der Waals surface area contributed by atoms with E-state index in [0.29, 0.717) is 13.0 Å². The number of hydrogen-bond donors (Lipinski definition) is 3. The number of fused-ring (bicyclic) bond motifs is 1. The fourth-order valence-electron chi connectivity index (χ4n) is 4.33. The minimum absolute atomic E-state index is 0.115. The fraction of sp³-hybridized carbons (Fsp3) is 0.345. The largest absolute Gasteiger partial charge is 0.494 e. The van der Waals surface area contributed by atoms with Crippen molar-refractivity contribution in [2.24, 2.45) is 5.92 Å². The number of ether oxygens (including phenoxy) is 1. The number of nitrogens with one attached hydrogen (secondary N) is 2. The van der Waals surface area contributed by atoms with Gasteiger partial charge in [-0.05, 0) is 67.6 Å². The van der Waals surface area contributed by atoms with Gasteiger partial charge in [0.05, 0.1) is 17.9 Å². The van der Waals surface area contributed by atoms with Gasteiger partial charge in [0, 0.05) is 11.7 Å². The zero-order valence-electron chi connectivity index (χ0n) is 20.9. The van der Waals surface area contributed by atoms with Crippen LogP contribution in [0.2, 0.25) is 0 Å². The summed E-state index contributed by atoms with van der Waals surface area (Å²) in [4.78, 5) is 23.4. The van der Waals surface area contributed by atoms with Crippen molar-refractivity contribution in [2.75, 3.05) is 11.9 Å². The van der Waals surface area contributed by atoms with Crippen molar-refractivity contribution in [3.05, 3.63) is 72.6 Å². The molecule has 4 rings (SSSR count). The Morgan fingerprint density at radius 1 is 1.06 bits per heavy atom. The highest BCUT2D eigenvalue weighted by Crippen LogP contribution is 2.29. The quantitative estimate of drug-likeness (QED) is 0.179. The summed E-state index contributed by atoms with van der Waals surface area (Å²) >= 11 is 0. The van der Waals surface area contributed by atoms with Crippen LogP contribution in [0.3, 0.4) is 0 Å². The molecule has 2 heterocycles. The average Bonchev–Trinajstić information content (AvgIpc) is 3.34. The van der Waals surface area contributed by atoms with E-state index in [-0.39, 0.29) is 12.0 Å². The highest BCUT2D eigenvalue weighted by molar-refractivity contribution is 5.91. The molecule has 188 valence electrons. The lowest BCUT2D eigenvalue weighted by Gasteiger charge is -2.15. The molecule has 7 nitrogen and oxygen atoms in total. The summed E-state index contributed by atoms with van der Waals surface area (Å²) in [6, 6.07) is 20.5. The van der Waals surface area contributed by atoms with Crippen LogP contribution in [0, 0.1) is 5.92 Å². The van der Waals surface area contributed by atoms with Crippen LogP contribution < -0.4 is 10.1 Å². The maximum atomic E-state index is 11.1. The number of aliphatic carboxylic acids is 1. The van der Waals surface area contributed by atoms with Gasteiger partial charge in [0.15, 0.2) is 0 Å². The van der Waals surface area contributed by atoms with Crippen LogP contribution in [-0.4, -0.2) is 32.6 Å². The van der Waals surface area contributed by atoms with Gasteiger partial charge < -0.3 is 20.1 Å². The molecule has 0 spiro atoms. The number of carbonyl (C=O) groups is 1. The van der Waals surface area contributed by atoms with E-state index in [0.717, 1.165) is 59.5 Å². The van der Waals surface area contributed by atoms with Crippen molar-refractivity contribution in [2.45, 2.75) is 52.0 Å². The van der Waals surface area contributed by atoms with E-state index in [2.05, 4.69) is 45.4 Å². The molecular formula is C29H34N4O3. The third-order valence-corrected chi connectivity index (χ3v) is 6.55. The van der Waals surface area contributed by atoms with Crippen LogP contribution >= 0.6 is 0 Å². The van der Waals surface area contributed by atoms with Crippen LogP contribution in [0.15, 0.2) is 67.0 Å². The standard InChI is InChI=1S/C29H34N4O3/c1-3-21(29(34)35)10-8-5-9-17-36-24-15-13-23(14-16-24)26-18-25-27(30-19-31-28(25)33-26)32-20(2)22-11-6-4-7-12-22/h4,6-7,11-16,18-21H,3,5,8-10,17H2,1-2H3,(H,34,35)(H2,30,31,32,33)/t20?,21-/m1/s1. The third-order valence-electron chi connectivity index (χ3n) is 6.55. The molecule has 0 amide bonds. The smallest absolute Gasteiger partial charge is 0.306 e. The second-order valence-corrected chi connectivity index (χ2v) is 9.11. The fourth-order valence-corrected chi connectivity index (χ4v) is 4.33. The Bertz CT molecular complexity index is 1250. The topological polar surface area (TPSA) is 100 Å². The number of carboxylic acid groups (broad SMARTS) is 1. The normalized spacial score (nSPS) is 12.8. The number of unbranched alkanes of at least 4 members (excludes halogenated alkanes) is 2. The summed E-state index contributed by atoms with van der Waals surface area (Å²) in [6.45, 7) is 4.67. The zero-order valence-corrected chi connectivity index (χ0v) is 20.9. The predicted octanol–water partition coefficient (Wildman–Crippen LogP) is 6.85. The predicted molar refractivity (Wildman–Crippen MR) is 143 cm³/mol. The molecule has 0 aliphatic heterocycles. The van der Waals surface area contributed by atoms with Crippen molar-refractivity contribution in [1.82, 2.24) is 15.0 Å². The van der Waals surface area contributed by atoms with Gasteiger partial charge in [0.25, 0.3) is 0 Å². The Labute approximate surface area is 212 Å². The molecule has 36 heavy (non-hydrogen) atoms. The van der Waals surface area contributed by atoms with Crippen molar-refractivity contribution in [3.63, 3.8) is 0 Å². The Morgan fingerprint density at radius 3 is 2.56 bits per heavy atom. The molecule has 0 fully saturated rings. The summed E-state index contributed by atoms with van der Waals surface area (Å²) in [7, 11) is 0. The molecule has 7 heteroatoms. The van der Waals surface area contributed by atoms with E-state index < -0.39 is 5.97 Å². The summed E-state index contributed by atoms with van der Waals surface area (Å²) in [5, 5.41) is 13.6. The van der Waals surface area contributed by atoms with Gasteiger partial charge in [-0.3, -0.25) is 4.79 Å². The lowest BCUT2D eigenvalue weighted by atomic mass is 9.99. The number of aromatic nitrogens is 3. The average molecular weight is 487 g/mol. The van der Waals surface area contributed by atoms with Crippen molar-refractivity contribution in [1.29, 1.82) is 0 Å². The van der Waals surface area contributed by atoms with Crippen molar-refractivity contribution in [3.8, 4) is 17.0 Å². The molecule has 0 radical (unpaired) electrons. The highest BCUT2D eigenvalue weighted by atomic mass is 16.5. The second-order valence-electron chi connectivity index (χ2n) is 9.11. The van der Waals surface area contributed by atoms with E-state index in [1.54, 1.807) is 6.33 Å². The zero-order chi connectivity index (χ0) is 25.3. The van der Waals surface area contributed by atoms with Crippen LogP contribution in [0.1, 0.15) is 57.6 Å². The Kier molecular flexibility index (Phi) is 8.55. The molecule has 1 unspecified atom stereocenters. The number of H-pyrrole nitrogens is 1. The van der Waals surface area contributed by atoms with Crippen LogP contribution in [0.25, 0.3) is 22.3 Å². The number of hydrogen-bond acceptors (Lipinski definition) is 5. The molecular weight excluding hydrogens is 452 g/mol. The van der Waals surface area contributed by atoms with Crippen LogP contribution in [-0.2, 0) is 4.79 Å². The highest BCUT2D eigenvalue weighted by Gasteiger charge is 2.14. The first-order chi connectivity index (χ1) is 17.5. The molecule has 2 atom stereocenters. The van der Waals surface area contributed by atoms with Crippen LogP contribution in [0.5, 0.6) is 5.75 Å². The van der Waals surface area contributed by atoms with E-state index in [1.165, 1.54) is 5.56 Å². The monoisotopic (exact) mass is 486 g/mol. The van der Waals surface area contributed by atoms with Crippen molar-refractivity contribution < 1.29 is 14.6 Å². The third kappa shape index (κ3) is 6.42. The van der Waals surface area contributed by atoms with Crippen LogP contribution in [0.4, 0.5) is 5.82 Å². The first kappa shape index (κ1) is 25.2. The van der Waals surface area contributed by atoms with Gasteiger partial charge in [-0.15, -0.1) is 0 Å². The summed E-state index contributed by atoms with van der Waals surface area (Å²) in [5.41, 5.74) is 4.00. The lowest BCUT2D eigenvalue weighted by molar-refractivity contribution is -0.142. The molecule has 0 aliphatic rings. The molecule has 0 aliphatic carbocycles. The Hall–Kier alpha value is -3.87. The molecule has 2 aromatic heterocycles. The van der Waals surface area contributed by atoms with Gasteiger partial charge in [-0.2, -0.15) is 0 Å². The minimum atomic E-state index is -0.690. The van der Waals surface area contributed by atoms with Gasteiger partial charge in [-0.25, -0.2) is 9.97 Å². The Morgan fingerprint density at radius 2 is 1.83 bits per heavy atom. The summed E-state index contributed by atoms with van der Waals surface area (Å²) in [5.74, 6) is 0.705. The Balaban J connectivity index is 1.33. The first-order valence-electron chi connectivity index (χ1n) is 12.7. The van der Waals surface area contributed by atoms with Crippen molar-refractivity contribution >= 4 is 22.8 Å². The van der Waals surface area contributed by atoms with E-state index in [9.17, 15) is 4.79 Å². The number of nitrogens with zero attached hydrogens (tertiary/aromatic N) is 2. The SMILES string of the molecule is CC[C@H](CCCCCOc1ccc(-c2cc3c(NC(C)c4ccccc4)ncnc3[nH]2)cc1)C(=O)O. The summed E-state index contributed by atoms with van der Waals surface area (Å²) < 4.78 is 5.88. The number of rotatable bonds is 13. The minimum Gasteiger partial charge on any atom is -0.494 e. The first-order valence-corrected chi connectivity index (χ1v) is 12.7. The number of carboxylic acids is 1. The number of benzene rings is 2. The maximum Gasteiger partial charge on any atom is 0.306 e. The summed E-state index contributed by atoms with van der Waals surface area (Å²) in [6.07, 6.45) is 5.79. The van der Waals surface area contributed by atoms with E-state index >= 15 is 0 Å². The van der Waals surface area contributed by atoms with Gasteiger partial charge in [0.1, 0.15) is 23.5 Å². The molecule has 0 saturated heterocycles. The molecule has 0 saturated carbocycles. The van der Waals surface area contributed by atoms with Gasteiger partial charge >= 0.3 is 5.97 Å². The van der Waals surface area contributed by atoms with E-state index in [4.69, 9.17) is 9.84 Å². The number of anilines is 1. The van der Waals surface area contributed by atoms with Gasteiger partial charge in [0.2, 0.25) is 0 Å². The van der Waals surface area contributed by atoms with E-state index in [1.807, 2.05) is 49.4 Å². The second kappa shape index (κ2) is 12.2. The maximum absolute atomic E-state index is 11.1.